The van der Waals surface area contributed by atoms with E-state index in [1.807, 2.05) is 94.1 Å². The minimum atomic E-state index is 0.977. The molecule has 9 heteroatoms. The number of hydrogen-bond donors (Lipinski definition) is 1. The van der Waals surface area contributed by atoms with E-state index in [1.165, 1.54) is 37.6 Å². The Kier molecular flexibility index (Phi) is 9.73. The molecule has 0 spiro atoms. The molecule has 2 aliphatic heterocycles. The third-order valence-corrected chi connectivity index (χ3v) is 13.9. The van der Waals surface area contributed by atoms with Crippen LogP contribution < -0.4 is 0 Å². The fraction of sp³-hybridized carbons (Fsp3) is 0.500. The molecule has 0 amide bonds. The van der Waals surface area contributed by atoms with Crippen LogP contribution in [0.1, 0.15) is 6.42 Å². The van der Waals surface area contributed by atoms with Gasteiger partial charge < -0.3 is 0 Å². The highest BCUT2D eigenvalue weighted by molar-refractivity contribution is 8.44. The molecule has 21 heavy (non-hydrogen) atoms. The summed E-state index contributed by atoms with van der Waals surface area (Å²) in [5.41, 5.74) is 0. The summed E-state index contributed by atoms with van der Waals surface area (Å²) >= 11 is 19.7. The van der Waals surface area contributed by atoms with Crippen LogP contribution in [0.5, 0.6) is 0 Å². The molecule has 0 aromatic rings. The summed E-state index contributed by atoms with van der Waals surface area (Å²) in [6.45, 7) is 0. The van der Waals surface area contributed by atoms with Crippen LogP contribution in [0.15, 0.2) is 25.4 Å². The van der Waals surface area contributed by atoms with Crippen LogP contribution in [0.25, 0.3) is 0 Å². The van der Waals surface area contributed by atoms with Crippen molar-refractivity contribution in [3.05, 3.63) is 25.4 Å². The summed E-state index contributed by atoms with van der Waals surface area (Å²) in [5.74, 6) is 2.15. The second-order valence-corrected chi connectivity index (χ2v) is 13.3. The van der Waals surface area contributed by atoms with Crippen LogP contribution in [-0.2, 0) is 0 Å². The first-order chi connectivity index (χ1) is 10.2. The fourth-order valence-electron chi connectivity index (χ4n) is 1.40. The normalized spacial score (nSPS) is 19.4. The van der Waals surface area contributed by atoms with Gasteiger partial charge in [-0.15, -0.1) is 47.0 Å². The molecule has 2 aliphatic rings. The predicted octanol–water partition coefficient (Wildman–Crippen LogP) is 7.47. The zero-order valence-electron chi connectivity index (χ0n) is 11.8. The largest absolute Gasteiger partial charge is 0.179 e. The standard InChI is InChI=1S/C12H16S9/c1-14-7-8(15-2)19-11(18-7)12-20-9(16-3)10(21-12)17-6-4-5-13/h13H,4-6H2,1-3H3. The highest BCUT2D eigenvalue weighted by atomic mass is 32.3. The number of thioether (sulfide) groups is 8. The molecule has 0 aromatic carbocycles. The van der Waals surface area contributed by atoms with E-state index in [1.54, 1.807) is 0 Å². The van der Waals surface area contributed by atoms with E-state index in [9.17, 15) is 0 Å². The summed E-state index contributed by atoms with van der Waals surface area (Å²) in [6, 6.07) is 0. The zero-order valence-corrected chi connectivity index (χ0v) is 19.3. The van der Waals surface area contributed by atoms with Crippen molar-refractivity contribution in [2.45, 2.75) is 6.42 Å². The molecule has 0 saturated heterocycles. The Hall–Kier alpha value is 2.37. The average Bonchev–Trinajstić information content (AvgIpc) is 3.10. The van der Waals surface area contributed by atoms with Crippen molar-refractivity contribution in [1.29, 1.82) is 0 Å². The number of rotatable bonds is 7. The van der Waals surface area contributed by atoms with Crippen molar-refractivity contribution < 1.29 is 0 Å². The maximum Gasteiger partial charge on any atom is 0.0717 e. The second kappa shape index (κ2) is 10.4. The monoisotopic (exact) mass is 448 g/mol. The van der Waals surface area contributed by atoms with Gasteiger partial charge in [0.15, 0.2) is 0 Å². The molecule has 2 rings (SSSR count). The Morgan fingerprint density at radius 3 is 1.62 bits per heavy atom. The lowest BCUT2D eigenvalue weighted by molar-refractivity contribution is 1.13. The Labute approximate surface area is 167 Å². The van der Waals surface area contributed by atoms with Crippen LogP contribution in [0.4, 0.5) is 0 Å². The van der Waals surface area contributed by atoms with Gasteiger partial charge in [-0.05, 0) is 36.7 Å². The first-order valence-corrected chi connectivity index (χ1v) is 14.6. The zero-order chi connectivity index (χ0) is 15.2. The van der Waals surface area contributed by atoms with Gasteiger partial charge in [-0.3, -0.25) is 0 Å². The molecular weight excluding hydrogens is 433 g/mol. The topological polar surface area (TPSA) is 0 Å². The van der Waals surface area contributed by atoms with E-state index >= 15 is 0 Å². The average molecular weight is 449 g/mol. The highest BCUT2D eigenvalue weighted by Gasteiger charge is 2.29. The molecule has 0 unspecified atom stereocenters. The molecule has 0 atom stereocenters. The van der Waals surface area contributed by atoms with Crippen LogP contribution >= 0.6 is 107 Å². The Morgan fingerprint density at radius 2 is 1.19 bits per heavy atom. The minimum absolute atomic E-state index is 0.977. The molecule has 2 heterocycles. The Morgan fingerprint density at radius 1 is 0.762 bits per heavy atom. The van der Waals surface area contributed by atoms with Gasteiger partial charge in [0.1, 0.15) is 0 Å². The SMILES string of the molecule is CSC1=C(SC)SC(=C2SC(SC)=C(SCCCS)S2)S1. The van der Waals surface area contributed by atoms with E-state index in [-0.39, 0.29) is 0 Å². The summed E-state index contributed by atoms with van der Waals surface area (Å²) in [5, 5.41) is 0. The van der Waals surface area contributed by atoms with E-state index < -0.39 is 0 Å². The van der Waals surface area contributed by atoms with E-state index in [4.69, 9.17) is 0 Å². The van der Waals surface area contributed by atoms with Crippen molar-refractivity contribution in [3.8, 4) is 0 Å². The van der Waals surface area contributed by atoms with Crippen molar-refractivity contribution in [1.82, 2.24) is 0 Å². The molecule has 0 N–H and O–H groups in total. The highest BCUT2D eigenvalue weighted by Crippen LogP contribution is 2.65. The summed E-state index contributed by atoms with van der Waals surface area (Å²) in [6.07, 6.45) is 7.70. The molecule has 0 nitrogen and oxygen atoms in total. The van der Waals surface area contributed by atoms with Gasteiger partial charge in [-0.25, -0.2) is 0 Å². The van der Waals surface area contributed by atoms with E-state index in [2.05, 4.69) is 31.4 Å². The van der Waals surface area contributed by atoms with Gasteiger partial charge in [0.2, 0.25) is 0 Å². The fourth-order valence-corrected chi connectivity index (χ4v) is 12.5. The number of hydrogen-bond acceptors (Lipinski definition) is 9. The van der Waals surface area contributed by atoms with Crippen molar-refractivity contribution in [2.24, 2.45) is 0 Å². The summed E-state index contributed by atoms with van der Waals surface area (Å²) in [7, 11) is 0. The van der Waals surface area contributed by atoms with Crippen molar-refractivity contribution >= 4 is 107 Å². The predicted molar refractivity (Wildman–Crippen MR) is 123 cm³/mol. The first kappa shape index (κ1) is 19.7. The van der Waals surface area contributed by atoms with Gasteiger partial charge in [0.25, 0.3) is 0 Å². The minimum Gasteiger partial charge on any atom is -0.179 e. The van der Waals surface area contributed by atoms with Crippen molar-refractivity contribution in [2.75, 3.05) is 30.3 Å². The first-order valence-electron chi connectivity index (χ1n) is 6.03. The molecule has 0 saturated carbocycles. The van der Waals surface area contributed by atoms with E-state index in [0.717, 1.165) is 5.75 Å². The Balaban J connectivity index is 2.04. The van der Waals surface area contributed by atoms with Gasteiger partial charge in [-0.1, -0.05) is 47.0 Å². The lowest BCUT2D eigenvalue weighted by atomic mass is 10.6. The molecule has 0 radical (unpaired) electrons. The maximum absolute atomic E-state index is 4.30. The summed E-state index contributed by atoms with van der Waals surface area (Å²) in [4.78, 5) is 0. The van der Waals surface area contributed by atoms with E-state index in [0.29, 0.717) is 0 Å². The van der Waals surface area contributed by atoms with Crippen LogP contribution in [-0.4, -0.2) is 30.3 Å². The second-order valence-electron chi connectivity index (χ2n) is 3.67. The van der Waals surface area contributed by atoms with Gasteiger partial charge in [0, 0.05) is 0 Å². The van der Waals surface area contributed by atoms with Crippen LogP contribution in [0, 0.1) is 0 Å². The number of thiol groups is 1. The quantitative estimate of drug-likeness (QED) is 0.310. The molecule has 0 aliphatic carbocycles. The third-order valence-electron chi connectivity index (χ3n) is 2.33. The maximum atomic E-state index is 4.30. The summed E-state index contributed by atoms with van der Waals surface area (Å²) < 4.78 is 8.81. The Bertz CT molecular complexity index is 459. The lowest BCUT2D eigenvalue weighted by Gasteiger charge is -2.02. The van der Waals surface area contributed by atoms with Gasteiger partial charge >= 0.3 is 0 Å². The van der Waals surface area contributed by atoms with Gasteiger partial charge in [0.05, 0.1) is 25.4 Å². The molecule has 0 bridgehead atoms. The van der Waals surface area contributed by atoms with Crippen LogP contribution in [0.2, 0.25) is 0 Å². The third kappa shape index (κ3) is 5.42. The van der Waals surface area contributed by atoms with Gasteiger partial charge in [-0.2, -0.15) is 12.6 Å². The molecular formula is C12H16S9. The lowest BCUT2D eigenvalue weighted by Crippen LogP contribution is -1.80. The van der Waals surface area contributed by atoms with Crippen LogP contribution in [0.3, 0.4) is 0 Å². The smallest absolute Gasteiger partial charge is 0.0717 e. The molecule has 0 aromatic heterocycles. The van der Waals surface area contributed by atoms with Crippen molar-refractivity contribution in [3.63, 3.8) is 0 Å². The molecule has 118 valence electrons. The molecule has 0 fully saturated rings.